The van der Waals surface area contributed by atoms with Gasteiger partial charge >= 0.3 is 0 Å². The van der Waals surface area contributed by atoms with Crippen LogP contribution in [0.4, 0.5) is 8.78 Å². The highest BCUT2D eigenvalue weighted by atomic mass is 19.1. The number of halogens is 2. The molecule has 2 amide bonds. The summed E-state index contributed by atoms with van der Waals surface area (Å²) in [5, 5.41) is 0. The van der Waals surface area contributed by atoms with Crippen LogP contribution < -0.4 is 0 Å². The van der Waals surface area contributed by atoms with Crippen LogP contribution in [0.1, 0.15) is 48.9 Å². The predicted molar refractivity (Wildman–Crippen MR) is 83.3 cm³/mol. The van der Waals surface area contributed by atoms with Gasteiger partial charge in [0.25, 0.3) is 5.91 Å². The van der Waals surface area contributed by atoms with E-state index in [9.17, 15) is 18.4 Å². The molecule has 1 saturated carbocycles. The summed E-state index contributed by atoms with van der Waals surface area (Å²) in [5.41, 5.74) is -0.993. The van der Waals surface area contributed by atoms with E-state index in [1.807, 2.05) is 4.90 Å². The van der Waals surface area contributed by atoms with E-state index in [0.717, 1.165) is 44.4 Å². The van der Waals surface area contributed by atoms with Crippen molar-refractivity contribution in [2.75, 3.05) is 13.1 Å². The lowest BCUT2D eigenvalue weighted by Gasteiger charge is -2.44. The number of nitrogens with zero attached hydrogens (tertiary/aromatic N) is 2. The second-order valence-electron chi connectivity index (χ2n) is 7.05. The number of carbonyl (C=O) groups is 2. The van der Waals surface area contributed by atoms with Crippen molar-refractivity contribution in [2.45, 2.75) is 50.1 Å². The average Bonchev–Trinajstić information content (AvgIpc) is 3.30. The smallest absolute Gasteiger partial charge is 0.257 e. The summed E-state index contributed by atoms with van der Waals surface area (Å²) in [6.07, 6.45) is 4.91. The summed E-state index contributed by atoms with van der Waals surface area (Å²) in [6.45, 7) is 1.19. The zero-order valence-electron chi connectivity index (χ0n) is 13.4. The number of likely N-dealkylation sites (tertiary alicyclic amines) is 2. The van der Waals surface area contributed by atoms with Gasteiger partial charge in [0.05, 0.1) is 5.56 Å². The number of carbonyl (C=O) groups excluding carboxylic acids is 2. The number of piperidine rings is 1. The molecular formula is C18H20F2N2O2. The lowest BCUT2D eigenvalue weighted by Crippen LogP contribution is -2.61. The van der Waals surface area contributed by atoms with E-state index in [0.29, 0.717) is 25.4 Å². The van der Waals surface area contributed by atoms with Crippen molar-refractivity contribution in [3.05, 3.63) is 35.4 Å². The van der Waals surface area contributed by atoms with Crippen molar-refractivity contribution < 1.29 is 18.4 Å². The summed E-state index contributed by atoms with van der Waals surface area (Å²) < 4.78 is 27.2. The Labute approximate surface area is 139 Å². The summed E-state index contributed by atoms with van der Waals surface area (Å²) in [4.78, 5) is 29.4. The second kappa shape index (κ2) is 5.53. The predicted octanol–water partition coefficient (Wildman–Crippen LogP) is 2.72. The quantitative estimate of drug-likeness (QED) is 0.834. The zero-order valence-corrected chi connectivity index (χ0v) is 13.4. The van der Waals surface area contributed by atoms with Crippen LogP contribution in [0.3, 0.4) is 0 Å². The molecule has 3 fully saturated rings. The Morgan fingerprint density at radius 2 is 1.83 bits per heavy atom. The molecule has 0 aromatic heterocycles. The molecule has 2 saturated heterocycles. The third-order valence-electron chi connectivity index (χ3n) is 5.53. The molecule has 0 bridgehead atoms. The van der Waals surface area contributed by atoms with Crippen molar-refractivity contribution >= 4 is 11.8 Å². The molecule has 4 rings (SSSR count). The number of amides is 2. The first-order valence-electron chi connectivity index (χ1n) is 8.61. The minimum absolute atomic E-state index is 0.0182. The fourth-order valence-electron chi connectivity index (χ4n) is 4.22. The van der Waals surface area contributed by atoms with Crippen LogP contribution in [-0.2, 0) is 4.79 Å². The van der Waals surface area contributed by atoms with Crippen LogP contribution in [0, 0.1) is 11.6 Å². The molecule has 1 aromatic carbocycles. The fourth-order valence-corrected chi connectivity index (χ4v) is 4.22. The topological polar surface area (TPSA) is 40.6 Å². The molecule has 1 aliphatic carbocycles. The molecule has 6 heteroatoms. The summed E-state index contributed by atoms with van der Waals surface area (Å²) in [6, 6.07) is 3.29. The molecule has 128 valence electrons. The van der Waals surface area contributed by atoms with E-state index in [-0.39, 0.29) is 11.5 Å². The van der Waals surface area contributed by atoms with Crippen molar-refractivity contribution in [1.29, 1.82) is 0 Å². The molecular weight excluding hydrogens is 314 g/mol. The third-order valence-corrected chi connectivity index (χ3v) is 5.53. The highest BCUT2D eigenvalue weighted by molar-refractivity contribution is 6.00. The van der Waals surface area contributed by atoms with Gasteiger partial charge in [0, 0.05) is 25.2 Å². The van der Waals surface area contributed by atoms with Crippen LogP contribution in [0.5, 0.6) is 0 Å². The lowest BCUT2D eigenvalue weighted by molar-refractivity contribution is -0.146. The highest BCUT2D eigenvalue weighted by Gasteiger charge is 2.54. The lowest BCUT2D eigenvalue weighted by atomic mass is 9.85. The van der Waals surface area contributed by atoms with Crippen LogP contribution in [-0.4, -0.2) is 46.3 Å². The Morgan fingerprint density at radius 3 is 2.50 bits per heavy atom. The number of hydrogen-bond donors (Lipinski definition) is 0. The second-order valence-corrected chi connectivity index (χ2v) is 7.05. The van der Waals surface area contributed by atoms with Crippen LogP contribution >= 0.6 is 0 Å². The van der Waals surface area contributed by atoms with Gasteiger partial charge in [-0.25, -0.2) is 8.78 Å². The molecule has 0 radical (unpaired) electrons. The summed E-state index contributed by atoms with van der Waals surface area (Å²) in [7, 11) is 0. The van der Waals surface area contributed by atoms with E-state index in [1.165, 1.54) is 6.07 Å². The van der Waals surface area contributed by atoms with E-state index >= 15 is 0 Å². The van der Waals surface area contributed by atoms with Crippen molar-refractivity contribution in [1.82, 2.24) is 9.80 Å². The Balaban J connectivity index is 1.66. The molecule has 1 atom stereocenters. The maximum atomic E-state index is 14.0. The van der Waals surface area contributed by atoms with Crippen molar-refractivity contribution in [3.8, 4) is 0 Å². The van der Waals surface area contributed by atoms with Gasteiger partial charge < -0.3 is 9.80 Å². The minimum Gasteiger partial charge on any atom is -0.338 e. The monoisotopic (exact) mass is 334 g/mol. The van der Waals surface area contributed by atoms with E-state index in [1.54, 1.807) is 4.90 Å². The van der Waals surface area contributed by atoms with E-state index < -0.39 is 23.1 Å². The van der Waals surface area contributed by atoms with E-state index in [4.69, 9.17) is 0 Å². The number of benzene rings is 1. The maximum Gasteiger partial charge on any atom is 0.257 e. The van der Waals surface area contributed by atoms with Crippen LogP contribution in [0.2, 0.25) is 0 Å². The van der Waals surface area contributed by atoms with Crippen LogP contribution in [0.15, 0.2) is 18.2 Å². The van der Waals surface area contributed by atoms with Gasteiger partial charge in [-0.3, -0.25) is 9.59 Å². The maximum absolute atomic E-state index is 14.0. The Bertz CT molecular complexity index is 704. The molecule has 1 aromatic rings. The summed E-state index contributed by atoms with van der Waals surface area (Å²) in [5.74, 6) is -2.07. The van der Waals surface area contributed by atoms with Gasteiger partial charge in [-0.2, -0.15) is 0 Å². The zero-order chi connectivity index (χ0) is 16.9. The first-order chi connectivity index (χ1) is 11.5. The highest BCUT2D eigenvalue weighted by Crippen LogP contribution is 2.42. The molecule has 24 heavy (non-hydrogen) atoms. The molecule has 2 aliphatic heterocycles. The number of hydrogen-bond acceptors (Lipinski definition) is 2. The van der Waals surface area contributed by atoms with E-state index in [2.05, 4.69) is 0 Å². The number of rotatable bonds is 2. The van der Waals surface area contributed by atoms with Gasteiger partial charge in [0.2, 0.25) is 5.91 Å². The largest absolute Gasteiger partial charge is 0.338 e. The van der Waals surface area contributed by atoms with Crippen molar-refractivity contribution in [3.63, 3.8) is 0 Å². The fraction of sp³-hybridized carbons (Fsp3) is 0.556. The summed E-state index contributed by atoms with van der Waals surface area (Å²) >= 11 is 0. The molecule has 2 heterocycles. The minimum atomic E-state index is -0.871. The third kappa shape index (κ3) is 2.31. The molecule has 4 nitrogen and oxygen atoms in total. The Hall–Kier alpha value is -1.98. The Kier molecular flexibility index (Phi) is 3.58. The van der Waals surface area contributed by atoms with Gasteiger partial charge in [-0.05, 0) is 50.7 Å². The van der Waals surface area contributed by atoms with Gasteiger partial charge in [0.1, 0.15) is 17.2 Å². The average molecular weight is 334 g/mol. The molecule has 3 aliphatic rings. The normalized spacial score (nSPS) is 27.2. The molecule has 0 N–H and O–H groups in total. The SMILES string of the molecule is O=C(c1ccc(F)cc1F)N1CCCC12CCCN(C1CC1)C2=O. The standard InChI is InChI=1S/C18H20F2N2O2/c19-12-3-6-14(15(20)11-12)16(23)22-10-2-8-18(22)7-1-9-21(17(18)24)13-4-5-13/h3,6,11,13H,1-2,4-5,7-10H2. The molecule has 1 spiro atoms. The first-order valence-corrected chi connectivity index (χ1v) is 8.61. The Morgan fingerprint density at radius 1 is 1.12 bits per heavy atom. The van der Waals surface area contributed by atoms with Gasteiger partial charge in [-0.15, -0.1) is 0 Å². The van der Waals surface area contributed by atoms with Gasteiger partial charge in [-0.1, -0.05) is 0 Å². The molecule has 1 unspecified atom stereocenters. The first kappa shape index (κ1) is 15.5. The van der Waals surface area contributed by atoms with Gasteiger partial charge in [0.15, 0.2) is 0 Å². The van der Waals surface area contributed by atoms with Crippen molar-refractivity contribution in [2.24, 2.45) is 0 Å². The van der Waals surface area contributed by atoms with Crippen LogP contribution in [0.25, 0.3) is 0 Å².